The number of fused-ring (bicyclic) bond motifs is 1. The van der Waals surface area contributed by atoms with E-state index in [0.717, 1.165) is 39.1 Å². The lowest BCUT2D eigenvalue weighted by atomic mass is 9.99. The van der Waals surface area contributed by atoms with Gasteiger partial charge in [-0.2, -0.15) is 0 Å². The largest absolute Gasteiger partial charge is 0.378 e. The van der Waals surface area contributed by atoms with Crippen LogP contribution in [0.4, 0.5) is 0 Å². The molecule has 5 heteroatoms. The first-order valence-electron chi connectivity index (χ1n) is 7.43. The van der Waals surface area contributed by atoms with Gasteiger partial charge in [0.05, 0.1) is 23.8 Å². The third kappa shape index (κ3) is 2.99. The summed E-state index contributed by atoms with van der Waals surface area (Å²) in [5.74, 6) is 0.689. The predicted molar refractivity (Wildman–Crippen MR) is 73.9 cm³/mol. The van der Waals surface area contributed by atoms with E-state index in [1.165, 1.54) is 17.8 Å². The van der Waals surface area contributed by atoms with Gasteiger partial charge >= 0.3 is 0 Å². The van der Waals surface area contributed by atoms with Crippen molar-refractivity contribution in [2.75, 3.05) is 19.7 Å². The summed E-state index contributed by atoms with van der Waals surface area (Å²) >= 11 is 0. The quantitative estimate of drug-likeness (QED) is 0.737. The number of hydrogen-bond acceptors (Lipinski definition) is 4. The Balaban J connectivity index is 1.41. The lowest BCUT2D eigenvalue weighted by Gasteiger charge is -2.24. The molecule has 0 aliphatic carbocycles. The van der Waals surface area contributed by atoms with Crippen LogP contribution in [0.5, 0.6) is 0 Å². The first kappa shape index (κ1) is 13.1. The Bertz CT molecular complexity index is 406. The van der Waals surface area contributed by atoms with E-state index in [2.05, 4.69) is 27.5 Å². The molecule has 1 saturated heterocycles. The van der Waals surface area contributed by atoms with Gasteiger partial charge in [-0.3, -0.25) is 0 Å². The molecule has 0 aromatic carbocycles. The van der Waals surface area contributed by atoms with Crippen LogP contribution in [0.2, 0.25) is 0 Å². The zero-order valence-electron chi connectivity index (χ0n) is 11.6. The number of hydrogen-bond donors (Lipinski definition) is 3. The molecule has 0 bridgehead atoms. The average Bonchev–Trinajstić information content (AvgIpc) is 3.06. The molecule has 106 valence electrons. The SMILES string of the molecule is CCC1OCCC1CNCC1Cc2nc[nH]c2CN1. The molecule has 0 amide bonds. The molecule has 5 nitrogen and oxygen atoms in total. The molecule has 2 aliphatic rings. The molecule has 3 rings (SSSR count). The first-order valence-corrected chi connectivity index (χ1v) is 7.43. The van der Waals surface area contributed by atoms with Crippen LogP contribution in [0.3, 0.4) is 0 Å². The van der Waals surface area contributed by atoms with E-state index in [-0.39, 0.29) is 0 Å². The van der Waals surface area contributed by atoms with Gasteiger partial charge in [0.15, 0.2) is 0 Å². The molecule has 19 heavy (non-hydrogen) atoms. The van der Waals surface area contributed by atoms with Crippen LogP contribution in [0.15, 0.2) is 6.33 Å². The Hall–Kier alpha value is -0.910. The zero-order chi connectivity index (χ0) is 13.1. The van der Waals surface area contributed by atoms with Crippen molar-refractivity contribution in [3.63, 3.8) is 0 Å². The third-order valence-electron chi connectivity index (χ3n) is 4.36. The second kappa shape index (κ2) is 6.03. The molecule has 1 aromatic rings. The Kier molecular flexibility index (Phi) is 4.15. The number of ether oxygens (including phenoxy) is 1. The van der Waals surface area contributed by atoms with Gasteiger partial charge in [0.2, 0.25) is 0 Å². The predicted octanol–water partition coefficient (Wildman–Crippen LogP) is 0.829. The Morgan fingerprint density at radius 3 is 3.32 bits per heavy atom. The van der Waals surface area contributed by atoms with E-state index < -0.39 is 0 Å². The number of aromatic amines is 1. The fourth-order valence-corrected chi connectivity index (χ4v) is 3.20. The van der Waals surface area contributed by atoms with E-state index in [1.54, 1.807) is 6.33 Å². The van der Waals surface area contributed by atoms with Crippen LogP contribution in [0.1, 0.15) is 31.2 Å². The molecule has 2 aliphatic heterocycles. The second-order valence-corrected chi connectivity index (χ2v) is 5.63. The zero-order valence-corrected chi connectivity index (χ0v) is 11.6. The van der Waals surface area contributed by atoms with E-state index in [4.69, 9.17) is 4.74 Å². The Morgan fingerprint density at radius 1 is 1.47 bits per heavy atom. The third-order valence-corrected chi connectivity index (χ3v) is 4.36. The van der Waals surface area contributed by atoms with Crippen LogP contribution in [0, 0.1) is 5.92 Å². The number of nitrogens with zero attached hydrogens (tertiary/aromatic N) is 1. The van der Waals surface area contributed by atoms with Gasteiger partial charge in [0.25, 0.3) is 0 Å². The average molecular weight is 264 g/mol. The number of imidazole rings is 1. The van der Waals surface area contributed by atoms with Gasteiger partial charge in [-0.25, -0.2) is 4.98 Å². The highest BCUT2D eigenvalue weighted by Crippen LogP contribution is 2.22. The topological polar surface area (TPSA) is 62.0 Å². The highest BCUT2D eigenvalue weighted by atomic mass is 16.5. The normalized spacial score (nSPS) is 30.5. The molecular formula is C14H24N4O. The van der Waals surface area contributed by atoms with Crippen molar-refractivity contribution in [2.24, 2.45) is 5.92 Å². The molecule has 3 N–H and O–H groups in total. The smallest absolute Gasteiger partial charge is 0.0925 e. The standard InChI is InChI=1S/C14H24N4O/c1-2-14-10(3-4-19-14)6-15-7-11-5-12-13(8-16-11)18-9-17-12/h9-11,14-16H,2-8H2,1H3,(H,17,18). The lowest BCUT2D eigenvalue weighted by molar-refractivity contribution is 0.0871. The molecule has 0 saturated carbocycles. The molecule has 0 spiro atoms. The van der Waals surface area contributed by atoms with Gasteiger partial charge in [-0.05, 0) is 18.8 Å². The van der Waals surface area contributed by atoms with Crippen LogP contribution in [0.25, 0.3) is 0 Å². The van der Waals surface area contributed by atoms with Crippen LogP contribution < -0.4 is 10.6 Å². The summed E-state index contributed by atoms with van der Waals surface area (Å²) < 4.78 is 5.72. The maximum absolute atomic E-state index is 5.72. The highest BCUT2D eigenvalue weighted by molar-refractivity contribution is 5.15. The van der Waals surface area contributed by atoms with E-state index in [0.29, 0.717) is 18.1 Å². The minimum Gasteiger partial charge on any atom is -0.378 e. The van der Waals surface area contributed by atoms with Crippen LogP contribution >= 0.6 is 0 Å². The van der Waals surface area contributed by atoms with Crippen molar-refractivity contribution in [2.45, 2.75) is 44.9 Å². The van der Waals surface area contributed by atoms with E-state index in [9.17, 15) is 0 Å². The van der Waals surface area contributed by atoms with Crippen molar-refractivity contribution in [1.29, 1.82) is 0 Å². The summed E-state index contributed by atoms with van der Waals surface area (Å²) in [5.41, 5.74) is 2.47. The maximum Gasteiger partial charge on any atom is 0.0925 e. The van der Waals surface area contributed by atoms with Gasteiger partial charge in [0.1, 0.15) is 0 Å². The minimum absolute atomic E-state index is 0.463. The Labute approximate surface area is 114 Å². The summed E-state index contributed by atoms with van der Waals surface area (Å²) in [6.07, 6.45) is 5.61. The van der Waals surface area contributed by atoms with Crippen molar-refractivity contribution in [3.05, 3.63) is 17.7 Å². The minimum atomic E-state index is 0.463. The highest BCUT2D eigenvalue weighted by Gasteiger charge is 2.26. The van der Waals surface area contributed by atoms with Gasteiger partial charge < -0.3 is 20.4 Å². The first-order chi connectivity index (χ1) is 9.36. The molecule has 0 radical (unpaired) electrons. The summed E-state index contributed by atoms with van der Waals surface area (Å²) in [7, 11) is 0. The van der Waals surface area contributed by atoms with Crippen molar-refractivity contribution in [3.8, 4) is 0 Å². The molecule has 3 atom stereocenters. The van der Waals surface area contributed by atoms with Gasteiger partial charge in [0, 0.05) is 38.7 Å². The van der Waals surface area contributed by atoms with Crippen LogP contribution in [-0.2, 0) is 17.7 Å². The fourth-order valence-electron chi connectivity index (χ4n) is 3.20. The van der Waals surface area contributed by atoms with E-state index >= 15 is 0 Å². The lowest BCUT2D eigenvalue weighted by Crippen LogP contribution is -2.44. The molecule has 1 aromatic heterocycles. The fraction of sp³-hybridized carbons (Fsp3) is 0.786. The number of nitrogens with one attached hydrogen (secondary N) is 3. The molecular weight excluding hydrogens is 240 g/mol. The molecule has 1 fully saturated rings. The summed E-state index contributed by atoms with van der Waals surface area (Å²) in [6, 6.07) is 0.498. The second-order valence-electron chi connectivity index (χ2n) is 5.63. The monoisotopic (exact) mass is 264 g/mol. The number of rotatable bonds is 5. The van der Waals surface area contributed by atoms with Gasteiger partial charge in [-0.15, -0.1) is 0 Å². The number of H-pyrrole nitrogens is 1. The Morgan fingerprint density at radius 2 is 2.42 bits per heavy atom. The van der Waals surface area contributed by atoms with Crippen molar-refractivity contribution < 1.29 is 4.74 Å². The maximum atomic E-state index is 5.72. The number of aromatic nitrogens is 2. The molecule has 3 heterocycles. The summed E-state index contributed by atoms with van der Waals surface area (Å²) in [4.78, 5) is 7.56. The van der Waals surface area contributed by atoms with E-state index in [1.807, 2.05) is 0 Å². The van der Waals surface area contributed by atoms with Crippen molar-refractivity contribution >= 4 is 0 Å². The summed E-state index contributed by atoms with van der Waals surface area (Å²) in [6.45, 7) is 6.14. The van der Waals surface area contributed by atoms with Gasteiger partial charge in [-0.1, -0.05) is 6.92 Å². The molecule has 3 unspecified atom stereocenters. The van der Waals surface area contributed by atoms with Crippen LogP contribution in [-0.4, -0.2) is 41.8 Å². The van der Waals surface area contributed by atoms with Crippen molar-refractivity contribution in [1.82, 2.24) is 20.6 Å². The summed E-state index contributed by atoms with van der Waals surface area (Å²) in [5, 5.41) is 7.15.